The molecule has 7 heteroatoms. The predicted molar refractivity (Wildman–Crippen MR) is 79.2 cm³/mol. The summed E-state index contributed by atoms with van der Waals surface area (Å²) in [6, 6.07) is 10.6. The van der Waals surface area contributed by atoms with Crippen molar-refractivity contribution in [2.75, 3.05) is 5.32 Å². The van der Waals surface area contributed by atoms with Gasteiger partial charge in [0.25, 0.3) is 0 Å². The number of primary sulfonamides is 1. The minimum atomic E-state index is -3.72. The Kier molecular flexibility index (Phi) is 4.42. The van der Waals surface area contributed by atoms with Crippen molar-refractivity contribution in [1.82, 2.24) is 0 Å². The zero-order valence-electron chi connectivity index (χ0n) is 10.3. The number of nitrogens with two attached hydrogens (primary N) is 1. The minimum absolute atomic E-state index is 0.0423. The number of nitrogens with one attached hydrogen (secondary N) is 1. The monoisotopic (exact) mass is 358 g/mol. The SMILES string of the molecule is NS(=O)(=O)c1cccc(NCc2ccc(F)cc2Br)c1. The molecular weight excluding hydrogens is 347 g/mol. The Morgan fingerprint density at radius 2 is 1.95 bits per heavy atom. The molecule has 0 spiro atoms. The summed E-state index contributed by atoms with van der Waals surface area (Å²) in [5, 5.41) is 8.13. The summed E-state index contributed by atoms with van der Waals surface area (Å²) in [5.41, 5.74) is 1.47. The van der Waals surface area contributed by atoms with Gasteiger partial charge in [-0.05, 0) is 35.9 Å². The normalized spacial score (nSPS) is 11.3. The molecule has 0 heterocycles. The third kappa shape index (κ3) is 3.78. The van der Waals surface area contributed by atoms with Gasteiger partial charge >= 0.3 is 0 Å². The molecule has 0 atom stereocenters. The van der Waals surface area contributed by atoms with E-state index in [1.807, 2.05) is 0 Å². The van der Waals surface area contributed by atoms with Crippen LogP contribution in [0.4, 0.5) is 10.1 Å². The van der Waals surface area contributed by atoms with Gasteiger partial charge in [-0.15, -0.1) is 0 Å². The summed E-state index contributed by atoms with van der Waals surface area (Å²) < 4.78 is 36.1. The first-order valence-corrected chi connectivity index (χ1v) is 8.01. The fourth-order valence-corrected chi connectivity index (χ4v) is 2.70. The lowest BCUT2D eigenvalue weighted by atomic mass is 10.2. The number of halogens is 2. The van der Waals surface area contributed by atoms with Crippen LogP contribution in [-0.4, -0.2) is 8.42 Å². The van der Waals surface area contributed by atoms with Crippen molar-refractivity contribution in [1.29, 1.82) is 0 Å². The van der Waals surface area contributed by atoms with E-state index < -0.39 is 10.0 Å². The van der Waals surface area contributed by atoms with E-state index in [2.05, 4.69) is 21.2 Å². The van der Waals surface area contributed by atoms with Crippen LogP contribution in [-0.2, 0) is 16.6 Å². The highest BCUT2D eigenvalue weighted by molar-refractivity contribution is 9.10. The fourth-order valence-electron chi connectivity index (χ4n) is 1.65. The molecule has 0 aliphatic heterocycles. The number of hydrogen-bond donors (Lipinski definition) is 2. The van der Waals surface area contributed by atoms with Gasteiger partial charge in [0.05, 0.1) is 4.90 Å². The molecule has 0 saturated heterocycles. The van der Waals surface area contributed by atoms with Crippen molar-refractivity contribution in [3.8, 4) is 0 Å². The zero-order chi connectivity index (χ0) is 14.8. The Hall–Kier alpha value is -1.44. The van der Waals surface area contributed by atoms with E-state index in [1.165, 1.54) is 24.3 Å². The van der Waals surface area contributed by atoms with Crippen LogP contribution in [0.25, 0.3) is 0 Å². The largest absolute Gasteiger partial charge is 0.381 e. The molecule has 2 aromatic carbocycles. The number of sulfonamides is 1. The lowest BCUT2D eigenvalue weighted by molar-refractivity contribution is 0.598. The highest BCUT2D eigenvalue weighted by Gasteiger charge is 2.08. The van der Waals surface area contributed by atoms with Crippen LogP contribution in [0.5, 0.6) is 0 Å². The molecule has 0 unspecified atom stereocenters. The van der Waals surface area contributed by atoms with Gasteiger partial charge in [0.1, 0.15) is 5.82 Å². The van der Waals surface area contributed by atoms with Crippen LogP contribution in [0.2, 0.25) is 0 Å². The molecule has 0 aliphatic carbocycles. The maximum absolute atomic E-state index is 13.0. The van der Waals surface area contributed by atoms with E-state index in [-0.39, 0.29) is 10.7 Å². The third-order valence-electron chi connectivity index (χ3n) is 2.66. The van der Waals surface area contributed by atoms with Gasteiger partial charge in [0.2, 0.25) is 10.0 Å². The van der Waals surface area contributed by atoms with Crippen LogP contribution in [0.15, 0.2) is 51.8 Å². The van der Waals surface area contributed by atoms with E-state index >= 15 is 0 Å². The molecule has 106 valence electrons. The summed E-state index contributed by atoms with van der Waals surface area (Å²) in [5.74, 6) is -0.322. The van der Waals surface area contributed by atoms with Gasteiger partial charge in [0, 0.05) is 16.7 Å². The molecule has 0 aliphatic rings. The molecule has 0 amide bonds. The Balaban J connectivity index is 2.15. The first kappa shape index (κ1) is 15.0. The molecule has 20 heavy (non-hydrogen) atoms. The Morgan fingerprint density at radius 3 is 2.60 bits per heavy atom. The zero-order valence-corrected chi connectivity index (χ0v) is 12.7. The van der Waals surface area contributed by atoms with Crippen molar-refractivity contribution in [3.63, 3.8) is 0 Å². The second kappa shape index (κ2) is 5.90. The molecule has 0 saturated carbocycles. The Morgan fingerprint density at radius 1 is 1.20 bits per heavy atom. The lowest BCUT2D eigenvalue weighted by Crippen LogP contribution is -2.12. The van der Waals surface area contributed by atoms with Crippen LogP contribution in [0.1, 0.15) is 5.56 Å². The van der Waals surface area contributed by atoms with Gasteiger partial charge in [-0.3, -0.25) is 0 Å². The summed E-state index contributed by atoms with van der Waals surface area (Å²) in [4.78, 5) is 0.0423. The molecule has 4 nitrogen and oxygen atoms in total. The second-order valence-electron chi connectivity index (χ2n) is 4.16. The molecule has 2 aromatic rings. The van der Waals surface area contributed by atoms with E-state index in [0.29, 0.717) is 16.7 Å². The van der Waals surface area contributed by atoms with Crippen molar-refractivity contribution >= 4 is 31.6 Å². The molecule has 2 rings (SSSR count). The Labute approximate surface area is 125 Å². The third-order valence-corrected chi connectivity index (χ3v) is 4.31. The summed E-state index contributed by atoms with van der Waals surface area (Å²) in [6.45, 7) is 0.426. The van der Waals surface area contributed by atoms with E-state index in [0.717, 1.165) is 5.56 Å². The molecule has 0 fully saturated rings. The van der Waals surface area contributed by atoms with Crippen LogP contribution in [0, 0.1) is 5.82 Å². The summed E-state index contributed by atoms with van der Waals surface area (Å²) in [7, 11) is -3.72. The van der Waals surface area contributed by atoms with Crippen LogP contribution < -0.4 is 10.5 Å². The van der Waals surface area contributed by atoms with E-state index in [9.17, 15) is 12.8 Å². The summed E-state index contributed by atoms with van der Waals surface area (Å²) in [6.07, 6.45) is 0. The second-order valence-corrected chi connectivity index (χ2v) is 6.58. The van der Waals surface area contributed by atoms with Crippen molar-refractivity contribution in [3.05, 3.63) is 58.3 Å². The highest BCUT2D eigenvalue weighted by atomic mass is 79.9. The molecule has 3 N–H and O–H groups in total. The number of anilines is 1. The van der Waals surface area contributed by atoms with Gasteiger partial charge in [0.15, 0.2) is 0 Å². The number of benzene rings is 2. The average molecular weight is 359 g/mol. The topological polar surface area (TPSA) is 72.2 Å². The molecule has 0 bridgehead atoms. The van der Waals surface area contributed by atoms with Gasteiger partial charge in [-0.2, -0.15) is 0 Å². The maximum Gasteiger partial charge on any atom is 0.238 e. The quantitative estimate of drug-likeness (QED) is 0.882. The predicted octanol–water partition coefficient (Wildman–Crippen LogP) is 2.85. The van der Waals surface area contributed by atoms with Gasteiger partial charge in [-0.1, -0.05) is 28.1 Å². The first-order valence-electron chi connectivity index (χ1n) is 5.67. The van der Waals surface area contributed by atoms with Crippen molar-refractivity contribution in [2.45, 2.75) is 11.4 Å². The van der Waals surface area contributed by atoms with Gasteiger partial charge in [-0.25, -0.2) is 17.9 Å². The standard InChI is InChI=1S/C13H12BrFN2O2S/c14-13-6-10(15)5-4-9(13)8-17-11-2-1-3-12(7-11)20(16,18)19/h1-7,17H,8H2,(H2,16,18,19). The smallest absolute Gasteiger partial charge is 0.238 e. The Bertz CT molecular complexity index is 735. The fraction of sp³-hybridized carbons (Fsp3) is 0.0769. The minimum Gasteiger partial charge on any atom is -0.381 e. The van der Waals surface area contributed by atoms with Crippen LogP contribution in [0.3, 0.4) is 0 Å². The number of hydrogen-bond acceptors (Lipinski definition) is 3. The molecule has 0 aromatic heterocycles. The number of rotatable bonds is 4. The van der Waals surface area contributed by atoms with E-state index in [1.54, 1.807) is 18.2 Å². The van der Waals surface area contributed by atoms with Crippen molar-refractivity contribution < 1.29 is 12.8 Å². The lowest BCUT2D eigenvalue weighted by Gasteiger charge is -2.09. The maximum atomic E-state index is 13.0. The molecular formula is C13H12BrFN2O2S. The van der Waals surface area contributed by atoms with E-state index in [4.69, 9.17) is 5.14 Å². The molecule has 0 radical (unpaired) electrons. The summed E-state index contributed by atoms with van der Waals surface area (Å²) >= 11 is 3.27. The average Bonchev–Trinajstić information content (AvgIpc) is 2.37. The van der Waals surface area contributed by atoms with Gasteiger partial charge < -0.3 is 5.32 Å². The first-order chi connectivity index (χ1) is 9.36. The highest BCUT2D eigenvalue weighted by Crippen LogP contribution is 2.20. The van der Waals surface area contributed by atoms with Crippen LogP contribution >= 0.6 is 15.9 Å². The van der Waals surface area contributed by atoms with Crippen molar-refractivity contribution in [2.24, 2.45) is 5.14 Å².